The van der Waals surface area contributed by atoms with Crippen LogP contribution in [0.5, 0.6) is 0 Å². The molecule has 1 aromatic heterocycles. The molecule has 3 rings (SSSR count). The number of H-pyrrole nitrogens is 1. The minimum Gasteiger partial charge on any atom is -0.330 e. The lowest BCUT2D eigenvalue weighted by Gasteiger charge is -2.07. The van der Waals surface area contributed by atoms with E-state index in [9.17, 15) is 8.78 Å². The molecule has 0 atom stereocenters. The van der Waals surface area contributed by atoms with Crippen LogP contribution in [0.1, 0.15) is 5.56 Å². The molecule has 0 fully saturated rings. The van der Waals surface area contributed by atoms with Crippen LogP contribution in [-0.2, 0) is 6.54 Å². The van der Waals surface area contributed by atoms with Crippen LogP contribution >= 0.6 is 28.1 Å². The zero-order chi connectivity index (χ0) is 14.3. The molecule has 1 N–H and O–H groups in total. The van der Waals surface area contributed by atoms with Gasteiger partial charge in [-0.05, 0) is 36.0 Å². The fraction of sp³-hybridized carbons (Fsp3) is 0.0714. The van der Waals surface area contributed by atoms with Gasteiger partial charge in [0.15, 0.2) is 16.4 Å². The zero-order valence-electron chi connectivity index (χ0n) is 10.2. The predicted molar refractivity (Wildman–Crippen MR) is 80.3 cm³/mol. The van der Waals surface area contributed by atoms with Gasteiger partial charge in [0.1, 0.15) is 5.52 Å². The number of fused-ring (bicyclic) bond motifs is 1. The van der Waals surface area contributed by atoms with Crippen molar-refractivity contribution in [1.82, 2.24) is 9.55 Å². The number of nitrogens with zero attached hydrogens (tertiary/aromatic N) is 1. The molecule has 0 spiro atoms. The van der Waals surface area contributed by atoms with E-state index >= 15 is 0 Å². The number of aromatic amines is 1. The number of aromatic nitrogens is 2. The molecule has 0 bridgehead atoms. The molecule has 0 aliphatic heterocycles. The number of halogens is 3. The quantitative estimate of drug-likeness (QED) is 0.656. The average molecular weight is 355 g/mol. The SMILES string of the molecule is Fc1ccc2[nH]c(=S)n(Cc3ccccc3Br)c2c1F. The number of hydrogen-bond donors (Lipinski definition) is 1. The minimum absolute atomic E-state index is 0.158. The summed E-state index contributed by atoms with van der Waals surface area (Å²) in [4.78, 5) is 2.89. The molecule has 0 radical (unpaired) electrons. The van der Waals surface area contributed by atoms with E-state index in [0.717, 1.165) is 16.1 Å². The molecule has 0 aliphatic carbocycles. The van der Waals surface area contributed by atoms with Crippen LogP contribution in [0.25, 0.3) is 11.0 Å². The summed E-state index contributed by atoms with van der Waals surface area (Å²) in [7, 11) is 0. The van der Waals surface area contributed by atoms with Gasteiger partial charge in [0.25, 0.3) is 0 Å². The maximum Gasteiger partial charge on any atom is 0.184 e. The zero-order valence-corrected chi connectivity index (χ0v) is 12.6. The number of nitrogens with one attached hydrogen (secondary N) is 1. The van der Waals surface area contributed by atoms with Gasteiger partial charge in [-0.2, -0.15) is 0 Å². The second-order valence-electron chi connectivity index (χ2n) is 4.37. The van der Waals surface area contributed by atoms with Gasteiger partial charge in [0.05, 0.1) is 12.1 Å². The van der Waals surface area contributed by atoms with Crippen molar-refractivity contribution in [2.75, 3.05) is 0 Å². The van der Waals surface area contributed by atoms with Crippen molar-refractivity contribution < 1.29 is 8.78 Å². The van der Waals surface area contributed by atoms with E-state index in [2.05, 4.69) is 20.9 Å². The molecule has 2 nitrogen and oxygen atoms in total. The third-order valence-electron chi connectivity index (χ3n) is 3.11. The van der Waals surface area contributed by atoms with Crippen LogP contribution in [0.15, 0.2) is 40.9 Å². The second-order valence-corrected chi connectivity index (χ2v) is 5.61. The van der Waals surface area contributed by atoms with Gasteiger partial charge in [-0.1, -0.05) is 34.1 Å². The van der Waals surface area contributed by atoms with Gasteiger partial charge in [0.2, 0.25) is 0 Å². The van der Waals surface area contributed by atoms with Gasteiger partial charge in [-0.3, -0.25) is 0 Å². The Hall–Kier alpha value is -1.53. The highest BCUT2D eigenvalue weighted by molar-refractivity contribution is 9.10. The monoisotopic (exact) mass is 354 g/mol. The summed E-state index contributed by atoms with van der Waals surface area (Å²) in [5.74, 6) is -1.77. The molecule has 0 aliphatic rings. The first-order valence-electron chi connectivity index (χ1n) is 5.88. The first kappa shape index (κ1) is 13.5. The second kappa shape index (κ2) is 5.10. The number of imidazole rings is 1. The van der Waals surface area contributed by atoms with Gasteiger partial charge < -0.3 is 9.55 Å². The first-order valence-corrected chi connectivity index (χ1v) is 7.08. The summed E-state index contributed by atoms with van der Waals surface area (Å²) in [5, 5.41) is 0. The Morgan fingerprint density at radius 3 is 2.65 bits per heavy atom. The number of hydrogen-bond acceptors (Lipinski definition) is 1. The van der Waals surface area contributed by atoms with Crippen LogP contribution in [0.4, 0.5) is 8.78 Å². The fourth-order valence-electron chi connectivity index (χ4n) is 2.14. The molecule has 20 heavy (non-hydrogen) atoms. The van der Waals surface area contributed by atoms with E-state index in [0.29, 0.717) is 16.8 Å². The molecule has 6 heteroatoms. The van der Waals surface area contributed by atoms with Crippen molar-refractivity contribution in [1.29, 1.82) is 0 Å². The normalized spacial score (nSPS) is 11.2. The van der Waals surface area contributed by atoms with Gasteiger partial charge >= 0.3 is 0 Å². The summed E-state index contributed by atoms with van der Waals surface area (Å²) < 4.78 is 30.2. The van der Waals surface area contributed by atoms with Gasteiger partial charge in [0, 0.05) is 4.47 Å². The fourth-order valence-corrected chi connectivity index (χ4v) is 2.81. The van der Waals surface area contributed by atoms with Crippen LogP contribution in [0.3, 0.4) is 0 Å². The van der Waals surface area contributed by atoms with Crippen LogP contribution in [0, 0.1) is 16.4 Å². The van der Waals surface area contributed by atoms with E-state index in [4.69, 9.17) is 12.2 Å². The highest BCUT2D eigenvalue weighted by atomic mass is 79.9. The van der Waals surface area contributed by atoms with Gasteiger partial charge in [-0.15, -0.1) is 0 Å². The number of rotatable bonds is 2. The average Bonchev–Trinajstić information content (AvgIpc) is 2.74. The van der Waals surface area contributed by atoms with Crippen molar-refractivity contribution in [3.05, 3.63) is 62.8 Å². The Bertz CT molecular complexity index is 854. The molecular weight excluding hydrogens is 346 g/mol. The maximum atomic E-state index is 14.0. The summed E-state index contributed by atoms with van der Waals surface area (Å²) >= 11 is 8.64. The topological polar surface area (TPSA) is 20.7 Å². The predicted octanol–water partition coefficient (Wildman–Crippen LogP) is 4.79. The summed E-state index contributed by atoms with van der Waals surface area (Å²) in [6.45, 7) is 0.362. The Kier molecular flexibility index (Phi) is 3.43. The lowest BCUT2D eigenvalue weighted by Crippen LogP contribution is -2.02. The van der Waals surface area contributed by atoms with E-state index in [1.54, 1.807) is 4.57 Å². The summed E-state index contributed by atoms with van der Waals surface area (Å²) in [5.41, 5.74) is 1.58. The van der Waals surface area contributed by atoms with Crippen LogP contribution < -0.4 is 0 Å². The molecule has 2 aromatic carbocycles. The van der Waals surface area contributed by atoms with Crippen molar-refractivity contribution >= 4 is 39.2 Å². The number of benzene rings is 2. The molecule has 0 unspecified atom stereocenters. The Balaban J connectivity index is 2.22. The molecule has 0 amide bonds. The van der Waals surface area contributed by atoms with Crippen molar-refractivity contribution in [2.45, 2.75) is 6.54 Å². The smallest absolute Gasteiger partial charge is 0.184 e. The van der Waals surface area contributed by atoms with Crippen LogP contribution in [-0.4, -0.2) is 9.55 Å². The largest absolute Gasteiger partial charge is 0.330 e. The van der Waals surface area contributed by atoms with E-state index < -0.39 is 11.6 Å². The maximum absolute atomic E-state index is 14.0. The Morgan fingerprint density at radius 2 is 1.90 bits per heavy atom. The third kappa shape index (κ3) is 2.19. The molecule has 1 heterocycles. The van der Waals surface area contributed by atoms with Crippen LogP contribution in [0.2, 0.25) is 0 Å². The van der Waals surface area contributed by atoms with E-state index in [1.165, 1.54) is 6.07 Å². The lowest BCUT2D eigenvalue weighted by atomic mass is 10.2. The third-order valence-corrected chi connectivity index (χ3v) is 4.21. The molecule has 3 aromatic rings. The molecular formula is C14H9BrF2N2S. The first-order chi connectivity index (χ1) is 9.58. The standard InChI is InChI=1S/C14H9BrF2N2S/c15-9-4-2-1-3-8(9)7-19-13-11(18-14(19)20)6-5-10(16)12(13)17/h1-6H,7H2,(H,18,20). The highest BCUT2D eigenvalue weighted by Crippen LogP contribution is 2.23. The van der Waals surface area contributed by atoms with Crippen molar-refractivity contribution in [3.63, 3.8) is 0 Å². The van der Waals surface area contributed by atoms with E-state index in [-0.39, 0.29) is 5.52 Å². The molecule has 102 valence electrons. The van der Waals surface area contributed by atoms with Crippen molar-refractivity contribution in [3.8, 4) is 0 Å². The lowest BCUT2D eigenvalue weighted by molar-refractivity contribution is 0.512. The summed E-state index contributed by atoms with van der Waals surface area (Å²) in [6, 6.07) is 10.1. The Morgan fingerprint density at radius 1 is 1.15 bits per heavy atom. The summed E-state index contributed by atoms with van der Waals surface area (Å²) in [6.07, 6.45) is 0. The van der Waals surface area contributed by atoms with Gasteiger partial charge in [-0.25, -0.2) is 8.78 Å². The van der Waals surface area contributed by atoms with Crippen molar-refractivity contribution in [2.24, 2.45) is 0 Å². The Labute approximate surface area is 127 Å². The molecule has 0 saturated heterocycles. The molecule has 0 saturated carbocycles. The van der Waals surface area contributed by atoms with E-state index in [1.807, 2.05) is 24.3 Å². The minimum atomic E-state index is -0.887. The highest BCUT2D eigenvalue weighted by Gasteiger charge is 2.14.